The van der Waals surface area contributed by atoms with Crippen molar-refractivity contribution in [1.29, 1.82) is 0 Å². The quantitative estimate of drug-likeness (QED) is 0.849. The van der Waals surface area contributed by atoms with Gasteiger partial charge in [-0.2, -0.15) is 0 Å². The average Bonchev–Trinajstić information content (AvgIpc) is 2.98. The van der Waals surface area contributed by atoms with Crippen LogP contribution in [0, 0.1) is 5.92 Å². The highest BCUT2D eigenvalue weighted by molar-refractivity contribution is 7.09. The number of hydrogen-bond donors (Lipinski definition) is 1. The zero-order valence-corrected chi connectivity index (χ0v) is 12.7. The number of hydrogen-bond acceptors (Lipinski definition) is 3. The minimum absolute atomic E-state index is 0.630. The summed E-state index contributed by atoms with van der Waals surface area (Å²) in [5, 5.41) is 5.67. The molecule has 2 nitrogen and oxygen atoms in total. The maximum atomic E-state index is 3.49. The molecule has 18 heavy (non-hydrogen) atoms. The fraction of sp³-hybridized carbons (Fsp3) is 0.733. The Bertz CT molecular complexity index is 334. The standard InChI is InChI=1S/C15H26N2S/c1-12(2)17(11-14-7-5-9-18-14)10-13-6-4-8-15(13)16-3/h5,7,9,12-13,15-16H,4,6,8,10-11H2,1-3H3. The van der Waals surface area contributed by atoms with Crippen LogP contribution >= 0.6 is 11.3 Å². The van der Waals surface area contributed by atoms with Crippen LogP contribution in [0.3, 0.4) is 0 Å². The van der Waals surface area contributed by atoms with Crippen LogP contribution in [0.2, 0.25) is 0 Å². The maximum absolute atomic E-state index is 3.49. The van der Waals surface area contributed by atoms with E-state index in [-0.39, 0.29) is 0 Å². The van der Waals surface area contributed by atoms with Gasteiger partial charge < -0.3 is 5.32 Å². The Morgan fingerprint density at radius 2 is 2.28 bits per heavy atom. The van der Waals surface area contributed by atoms with Crippen LogP contribution in [-0.4, -0.2) is 30.6 Å². The highest BCUT2D eigenvalue weighted by Gasteiger charge is 2.28. The molecule has 1 aliphatic carbocycles. The van der Waals surface area contributed by atoms with E-state index < -0.39 is 0 Å². The SMILES string of the molecule is CNC1CCCC1CN(Cc1cccs1)C(C)C. The van der Waals surface area contributed by atoms with Crippen molar-refractivity contribution in [2.24, 2.45) is 5.92 Å². The van der Waals surface area contributed by atoms with Crippen LogP contribution in [0.5, 0.6) is 0 Å². The van der Waals surface area contributed by atoms with Gasteiger partial charge in [0.1, 0.15) is 0 Å². The van der Waals surface area contributed by atoms with Gasteiger partial charge in [0.25, 0.3) is 0 Å². The van der Waals surface area contributed by atoms with Crippen LogP contribution in [0.4, 0.5) is 0 Å². The van der Waals surface area contributed by atoms with Gasteiger partial charge >= 0.3 is 0 Å². The van der Waals surface area contributed by atoms with Crippen molar-refractivity contribution >= 4 is 11.3 Å². The third kappa shape index (κ3) is 3.56. The summed E-state index contributed by atoms with van der Waals surface area (Å²) in [6.07, 6.45) is 4.13. The van der Waals surface area contributed by atoms with Crippen LogP contribution < -0.4 is 5.32 Å². The van der Waals surface area contributed by atoms with E-state index in [4.69, 9.17) is 0 Å². The smallest absolute Gasteiger partial charge is 0.0330 e. The molecule has 0 spiro atoms. The third-order valence-corrected chi connectivity index (χ3v) is 5.03. The zero-order chi connectivity index (χ0) is 13.0. The largest absolute Gasteiger partial charge is 0.317 e. The summed E-state index contributed by atoms with van der Waals surface area (Å²) in [4.78, 5) is 4.12. The lowest BCUT2D eigenvalue weighted by molar-refractivity contribution is 0.170. The summed E-state index contributed by atoms with van der Waals surface area (Å²) >= 11 is 1.88. The fourth-order valence-electron chi connectivity index (χ4n) is 3.00. The molecule has 1 N–H and O–H groups in total. The topological polar surface area (TPSA) is 15.3 Å². The van der Waals surface area contributed by atoms with Crippen molar-refractivity contribution in [3.63, 3.8) is 0 Å². The number of rotatable bonds is 6. The van der Waals surface area contributed by atoms with Crippen molar-refractivity contribution in [1.82, 2.24) is 10.2 Å². The van der Waals surface area contributed by atoms with Gasteiger partial charge in [-0.05, 0) is 51.1 Å². The molecule has 0 aliphatic heterocycles. The first-order valence-electron chi connectivity index (χ1n) is 7.14. The monoisotopic (exact) mass is 266 g/mol. The lowest BCUT2D eigenvalue weighted by Gasteiger charge is -2.31. The van der Waals surface area contributed by atoms with Crippen molar-refractivity contribution in [2.45, 2.75) is 51.7 Å². The molecule has 2 atom stereocenters. The second-order valence-electron chi connectivity index (χ2n) is 5.69. The Labute approximate surface area is 115 Å². The minimum atomic E-state index is 0.630. The fourth-order valence-corrected chi connectivity index (χ4v) is 3.73. The third-order valence-electron chi connectivity index (χ3n) is 4.17. The summed E-state index contributed by atoms with van der Waals surface area (Å²) in [6.45, 7) is 6.98. The van der Waals surface area contributed by atoms with Crippen molar-refractivity contribution < 1.29 is 0 Å². The van der Waals surface area contributed by atoms with Crippen LogP contribution in [0.1, 0.15) is 38.0 Å². The second kappa shape index (κ2) is 6.69. The number of nitrogens with zero attached hydrogens (tertiary/aromatic N) is 1. The van der Waals surface area contributed by atoms with E-state index in [0.29, 0.717) is 6.04 Å². The lowest BCUT2D eigenvalue weighted by Crippen LogP contribution is -2.40. The highest BCUT2D eigenvalue weighted by atomic mass is 32.1. The Kier molecular flexibility index (Phi) is 5.22. The summed E-state index contributed by atoms with van der Waals surface area (Å²) in [7, 11) is 2.11. The molecule has 1 fully saturated rings. The van der Waals surface area contributed by atoms with Gasteiger partial charge in [0, 0.05) is 30.1 Å². The van der Waals surface area contributed by atoms with Crippen LogP contribution in [0.25, 0.3) is 0 Å². The molecule has 1 aromatic rings. The minimum Gasteiger partial charge on any atom is -0.317 e. The molecule has 0 radical (unpaired) electrons. The molecule has 1 heterocycles. The molecule has 0 aromatic carbocycles. The summed E-state index contributed by atoms with van der Waals surface area (Å²) in [5.41, 5.74) is 0. The Morgan fingerprint density at radius 1 is 1.44 bits per heavy atom. The molecule has 0 amide bonds. The molecule has 1 saturated carbocycles. The Balaban J connectivity index is 1.93. The summed E-state index contributed by atoms with van der Waals surface area (Å²) < 4.78 is 0. The number of nitrogens with one attached hydrogen (secondary N) is 1. The molecule has 1 aliphatic rings. The van der Waals surface area contributed by atoms with Gasteiger partial charge in [-0.25, -0.2) is 0 Å². The molecule has 1 aromatic heterocycles. The normalized spacial score (nSPS) is 24.3. The van der Waals surface area contributed by atoms with E-state index >= 15 is 0 Å². The van der Waals surface area contributed by atoms with Crippen molar-refractivity contribution in [3.05, 3.63) is 22.4 Å². The molecule has 2 unspecified atom stereocenters. The van der Waals surface area contributed by atoms with Gasteiger partial charge in [-0.15, -0.1) is 11.3 Å². The molecule has 0 saturated heterocycles. The van der Waals surface area contributed by atoms with Crippen molar-refractivity contribution in [2.75, 3.05) is 13.6 Å². The second-order valence-corrected chi connectivity index (χ2v) is 6.72. The van der Waals surface area contributed by atoms with Gasteiger partial charge in [-0.3, -0.25) is 4.90 Å². The van der Waals surface area contributed by atoms with E-state index in [9.17, 15) is 0 Å². The Hall–Kier alpha value is -0.380. The molecule has 102 valence electrons. The summed E-state index contributed by atoms with van der Waals surface area (Å²) in [5.74, 6) is 0.831. The van der Waals surface area contributed by atoms with E-state index in [2.05, 4.69) is 48.6 Å². The first-order chi connectivity index (χ1) is 8.70. The first kappa shape index (κ1) is 14.0. The zero-order valence-electron chi connectivity index (χ0n) is 11.9. The van der Waals surface area contributed by atoms with Crippen LogP contribution in [0.15, 0.2) is 17.5 Å². The molecule has 2 rings (SSSR count). The Morgan fingerprint density at radius 3 is 2.89 bits per heavy atom. The predicted octanol–water partition coefficient (Wildman–Crippen LogP) is 3.35. The van der Waals surface area contributed by atoms with E-state index in [1.807, 2.05) is 11.3 Å². The van der Waals surface area contributed by atoms with Gasteiger partial charge in [0.2, 0.25) is 0 Å². The van der Waals surface area contributed by atoms with Crippen LogP contribution in [-0.2, 0) is 6.54 Å². The van der Waals surface area contributed by atoms with Gasteiger partial charge in [-0.1, -0.05) is 12.5 Å². The van der Waals surface area contributed by atoms with Gasteiger partial charge in [0.05, 0.1) is 0 Å². The van der Waals surface area contributed by atoms with E-state index in [0.717, 1.165) is 18.5 Å². The predicted molar refractivity (Wildman–Crippen MR) is 80.1 cm³/mol. The lowest BCUT2D eigenvalue weighted by atomic mass is 10.0. The maximum Gasteiger partial charge on any atom is 0.0330 e. The average molecular weight is 266 g/mol. The molecule has 0 bridgehead atoms. The number of thiophene rings is 1. The van der Waals surface area contributed by atoms with E-state index in [1.165, 1.54) is 30.7 Å². The van der Waals surface area contributed by atoms with Crippen molar-refractivity contribution in [3.8, 4) is 0 Å². The molecule has 3 heteroatoms. The first-order valence-corrected chi connectivity index (χ1v) is 8.02. The summed E-state index contributed by atoms with van der Waals surface area (Å²) in [6, 6.07) is 5.77. The van der Waals surface area contributed by atoms with E-state index in [1.54, 1.807) is 0 Å². The van der Waals surface area contributed by atoms with Gasteiger partial charge in [0.15, 0.2) is 0 Å². The highest BCUT2D eigenvalue weighted by Crippen LogP contribution is 2.27. The molecular weight excluding hydrogens is 240 g/mol. The molecular formula is C15H26N2S.